The van der Waals surface area contributed by atoms with Gasteiger partial charge in [-0.1, -0.05) is 6.07 Å². The minimum absolute atomic E-state index is 0.128. The SMILES string of the molecule is Cc1cc(-c2c(C)nn(-c3cccc(C(F)(F)F)c3)c2O)[nH]n1. The Morgan fingerprint density at radius 1 is 1.17 bits per heavy atom. The molecule has 0 aliphatic carbocycles. The Balaban J connectivity index is 2.12. The number of aromatic amines is 1. The van der Waals surface area contributed by atoms with Crippen molar-refractivity contribution in [3.63, 3.8) is 0 Å². The topological polar surface area (TPSA) is 66.7 Å². The number of nitrogens with zero attached hydrogens (tertiary/aromatic N) is 3. The Labute approximate surface area is 129 Å². The van der Waals surface area contributed by atoms with Gasteiger partial charge in [-0.15, -0.1) is 0 Å². The van der Waals surface area contributed by atoms with Crippen molar-refractivity contribution in [2.75, 3.05) is 0 Å². The van der Waals surface area contributed by atoms with Gasteiger partial charge in [0.1, 0.15) is 0 Å². The predicted molar refractivity (Wildman–Crippen MR) is 77.3 cm³/mol. The highest BCUT2D eigenvalue weighted by Gasteiger charge is 2.31. The third-order valence-corrected chi connectivity index (χ3v) is 3.43. The molecular formula is C15H13F3N4O. The van der Waals surface area contributed by atoms with Crippen molar-refractivity contribution in [2.45, 2.75) is 20.0 Å². The molecule has 3 rings (SSSR count). The standard InChI is InChI=1S/C15H13F3N4O/c1-8-6-12(20-19-8)13-9(2)21-22(14(13)23)11-5-3-4-10(7-11)15(16,17)18/h3-7,23H,1-2H3,(H,19,20). The van der Waals surface area contributed by atoms with E-state index in [1.165, 1.54) is 12.1 Å². The van der Waals surface area contributed by atoms with Crippen LogP contribution in [-0.4, -0.2) is 25.1 Å². The second kappa shape index (κ2) is 5.15. The van der Waals surface area contributed by atoms with Crippen molar-refractivity contribution in [1.82, 2.24) is 20.0 Å². The molecule has 1 aromatic carbocycles. The van der Waals surface area contributed by atoms with Crippen LogP contribution < -0.4 is 0 Å². The molecule has 120 valence electrons. The van der Waals surface area contributed by atoms with E-state index in [4.69, 9.17) is 0 Å². The summed E-state index contributed by atoms with van der Waals surface area (Å²) in [5.41, 5.74) is 1.48. The fraction of sp³-hybridized carbons (Fsp3) is 0.200. The number of nitrogens with one attached hydrogen (secondary N) is 1. The summed E-state index contributed by atoms with van der Waals surface area (Å²) in [4.78, 5) is 0. The van der Waals surface area contributed by atoms with Crippen LogP contribution in [0.2, 0.25) is 0 Å². The zero-order valence-corrected chi connectivity index (χ0v) is 12.3. The molecule has 5 nitrogen and oxygen atoms in total. The molecule has 0 spiro atoms. The summed E-state index contributed by atoms with van der Waals surface area (Å²) in [6.45, 7) is 3.44. The van der Waals surface area contributed by atoms with Crippen molar-refractivity contribution >= 4 is 0 Å². The monoisotopic (exact) mass is 322 g/mol. The molecule has 0 saturated carbocycles. The first-order chi connectivity index (χ1) is 10.8. The van der Waals surface area contributed by atoms with Crippen LogP contribution in [0.5, 0.6) is 5.88 Å². The van der Waals surface area contributed by atoms with Gasteiger partial charge in [-0.05, 0) is 38.1 Å². The van der Waals surface area contributed by atoms with Crippen molar-refractivity contribution in [3.05, 3.63) is 47.3 Å². The number of aryl methyl sites for hydroxylation is 2. The first kappa shape index (κ1) is 15.1. The van der Waals surface area contributed by atoms with Gasteiger partial charge in [0.25, 0.3) is 0 Å². The Hall–Kier alpha value is -2.77. The Morgan fingerprint density at radius 2 is 1.91 bits per heavy atom. The Morgan fingerprint density at radius 3 is 2.52 bits per heavy atom. The van der Waals surface area contributed by atoms with Crippen LogP contribution in [0, 0.1) is 13.8 Å². The molecule has 8 heteroatoms. The average Bonchev–Trinajstić information content (AvgIpc) is 3.02. The molecule has 0 aliphatic heterocycles. The highest BCUT2D eigenvalue weighted by atomic mass is 19.4. The maximum atomic E-state index is 12.8. The van der Waals surface area contributed by atoms with E-state index in [2.05, 4.69) is 15.3 Å². The number of aromatic nitrogens is 4. The minimum Gasteiger partial charge on any atom is -0.493 e. The molecule has 23 heavy (non-hydrogen) atoms. The second-order valence-electron chi connectivity index (χ2n) is 5.17. The fourth-order valence-corrected chi connectivity index (χ4v) is 2.37. The number of halogens is 3. The maximum Gasteiger partial charge on any atom is 0.416 e. The maximum absolute atomic E-state index is 12.8. The summed E-state index contributed by atoms with van der Waals surface area (Å²) in [5.74, 6) is -0.245. The van der Waals surface area contributed by atoms with Gasteiger partial charge in [0.2, 0.25) is 5.88 Å². The Kier molecular flexibility index (Phi) is 3.39. The van der Waals surface area contributed by atoms with Gasteiger partial charge in [-0.25, -0.2) is 4.68 Å². The quantitative estimate of drug-likeness (QED) is 0.757. The molecule has 2 heterocycles. The predicted octanol–water partition coefficient (Wildman–Crippen LogP) is 3.60. The lowest BCUT2D eigenvalue weighted by Gasteiger charge is -2.09. The van der Waals surface area contributed by atoms with Gasteiger partial charge < -0.3 is 5.11 Å². The molecule has 0 amide bonds. The summed E-state index contributed by atoms with van der Waals surface area (Å²) in [5, 5.41) is 21.3. The highest BCUT2D eigenvalue weighted by molar-refractivity contribution is 5.69. The van der Waals surface area contributed by atoms with E-state index in [0.717, 1.165) is 22.5 Å². The lowest BCUT2D eigenvalue weighted by molar-refractivity contribution is -0.137. The first-order valence-corrected chi connectivity index (χ1v) is 6.76. The van der Waals surface area contributed by atoms with E-state index < -0.39 is 11.7 Å². The zero-order valence-electron chi connectivity index (χ0n) is 12.3. The summed E-state index contributed by atoms with van der Waals surface area (Å²) in [6, 6.07) is 6.35. The molecule has 0 fully saturated rings. The molecule has 0 radical (unpaired) electrons. The van der Waals surface area contributed by atoms with Crippen molar-refractivity contribution in [1.29, 1.82) is 0 Å². The van der Waals surface area contributed by atoms with Gasteiger partial charge in [0.05, 0.1) is 33.9 Å². The fourth-order valence-electron chi connectivity index (χ4n) is 2.37. The molecule has 2 aromatic heterocycles. The summed E-state index contributed by atoms with van der Waals surface area (Å²) in [7, 11) is 0. The molecule has 0 aliphatic rings. The summed E-state index contributed by atoms with van der Waals surface area (Å²) >= 11 is 0. The second-order valence-corrected chi connectivity index (χ2v) is 5.17. The van der Waals surface area contributed by atoms with Gasteiger partial charge in [-0.2, -0.15) is 23.4 Å². The third kappa shape index (κ3) is 2.67. The van der Waals surface area contributed by atoms with Crippen LogP contribution in [0.15, 0.2) is 30.3 Å². The van der Waals surface area contributed by atoms with Gasteiger partial charge in [0, 0.05) is 0 Å². The number of hydrogen-bond donors (Lipinski definition) is 2. The number of alkyl halides is 3. The average molecular weight is 322 g/mol. The molecule has 3 aromatic rings. The number of H-pyrrole nitrogens is 1. The normalized spacial score (nSPS) is 11.9. The van der Waals surface area contributed by atoms with Crippen molar-refractivity contribution in [3.8, 4) is 22.8 Å². The Bertz CT molecular complexity index is 864. The van der Waals surface area contributed by atoms with E-state index >= 15 is 0 Å². The van der Waals surface area contributed by atoms with E-state index in [0.29, 0.717) is 17.0 Å². The molecule has 0 bridgehead atoms. The first-order valence-electron chi connectivity index (χ1n) is 6.76. The van der Waals surface area contributed by atoms with Gasteiger partial charge in [0.15, 0.2) is 0 Å². The van der Waals surface area contributed by atoms with E-state index in [1.54, 1.807) is 19.9 Å². The van der Waals surface area contributed by atoms with Gasteiger partial charge in [-0.3, -0.25) is 5.10 Å². The summed E-state index contributed by atoms with van der Waals surface area (Å²) in [6.07, 6.45) is -4.46. The number of rotatable bonds is 2. The smallest absolute Gasteiger partial charge is 0.416 e. The minimum atomic E-state index is -4.46. The largest absolute Gasteiger partial charge is 0.493 e. The van der Waals surface area contributed by atoms with Crippen LogP contribution in [0.1, 0.15) is 17.0 Å². The summed E-state index contributed by atoms with van der Waals surface area (Å²) < 4.78 is 39.6. The van der Waals surface area contributed by atoms with Crippen LogP contribution in [-0.2, 0) is 6.18 Å². The van der Waals surface area contributed by atoms with Crippen LogP contribution >= 0.6 is 0 Å². The zero-order chi connectivity index (χ0) is 16.8. The van der Waals surface area contributed by atoms with Crippen LogP contribution in [0.4, 0.5) is 13.2 Å². The molecule has 0 atom stereocenters. The number of benzene rings is 1. The molecule has 0 saturated heterocycles. The van der Waals surface area contributed by atoms with E-state index in [1.807, 2.05) is 0 Å². The number of aromatic hydroxyl groups is 1. The lowest BCUT2D eigenvalue weighted by Crippen LogP contribution is -2.06. The van der Waals surface area contributed by atoms with Crippen molar-refractivity contribution in [2.24, 2.45) is 0 Å². The van der Waals surface area contributed by atoms with Crippen molar-refractivity contribution < 1.29 is 18.3 Å². The molecular weight excluding hydrogens is 309 g/mol. The van der Waals surface area contributed by atoms with Gasteiger partial charge >= 0.3 is 6.18 Å². The molecule has 0 unspecified atom stereocenters. The highest BCUT2D eigenvalue weighted by Crippen LogP contribution is 2.35. The van der Waals surface area contributed by atoms with Crippen LogP contribution in [0.3, 0.4) is 0 Å². The van der Waals surface area contributed by atoms with Crippen LogP contribution in [0.25, 0.3) is 16.9 Å². The molecule has 2 N–H and O–H groups in total. The van der Waals surface area contributed by atoms with E-state index in [-0.39, 0.29) is 11.6 Å². The number of hydrogen-bond acceptors (Lipinski definition) is 3. The lowest BCUT2D eigenvalue weighted by atomic mass is 10.1. The van der Waals surface area contributed by atoms with E-state index in [9.17, 15) is 18.3 Å². The third-order valence-electron chi connectivity index (χ3n) is 3.43.